The second-order valence-electron chi connectivity index (χ2n) is 7.96. The Bertz CT molecular complexity index is 1130. The highest BCUT2D eigenvalue weighted by molar-refractivity contribution is 7.99. The number of carbonyl (C=O) groups excluding carboxylic acids is 2. The number of carbonyl (C=O) groups is 2. The number of aromatic nitrogens is 3. The first-order chi connectivity index (χ1) is 15.1. The zero-order chi connectivity index (χ0) is 21.4. The normalized spacial score (nSPS) is 18.3. The summed E-state index contributed by atoms with van der Waals surface area (Å²) in [6, 6.07) is 17.2. The summed E-state index contributed by atoms with van der Waals surface area (Å²) in [5.41, 5.74) is 2.40. The van der Waals surface area contributed by atoms with Gasteiger partial charge in [0.25, 0.3) is 0 Å². The Kier molecular flexibility index (Phi) is 5.23. The predicted molar refractivity (Wildman–Crippen MR) is 121 cm³/mol. The summed E-state index contributed by atoms with van der Waals surface area (Å²) in [7, 11) is 0. The second kappa shape index (κ2) is 8.19. The Labute approximate surface area is 184 Å². The first-order valence-corrected chi connectivity index (χ1v) is 11.4. The summed E-state index contributed by atoms with van der Waals surface area (Å²) in [5, 5.41) is 12.4. The first-order valence-electron chi connectivity index (χ1n) is 10.5. The van der Waals surface area contributed by atoms with Crippen LogP contribution in [0.25, 0.3) is 5.69 Å². The van der Waals surface area contributed by atoms with Crippen molar-refractivity contribution in [3.63, 3.8) is 0 Å². The van der Waals surface area contributed by atoms with Gasteiger partial charge in [-0.3, -0.25) is 14.2 Å². The molecular formula is C23H23N5O2S. The molecule has 1 saturated carbocycles. The Morgan fingerprint density at radius 1 is 1.10 bits per heavy atom. The van der Waals surface area contributed by atoms with Crippen LogP contribution in [0.15, 0.2) is 59.8 Å². The van der Waals surface area contributed by atoms with Crippen molar-refractivity contribution in [1.82, 2.24) is 14.8 Å². The molecule has 1 unspecified atom stereocenters. The average molecular weight is 434 g/mol. The van der Waals surface area contributed by atoms with Crippen molar-refractivity contribution in [3.8, 4) is 5.69 Å². The van der Waals surface area contributed by atoms with E-state index >= 15 is 0 Å². The molecule has 0 radical (unpaired) electrons. The number of amides is 2. The van der Waals surface area contributed by atoms with Crippen LogP contribution in [0.4, 0.5) is 11.4 Å². The smallest absolute Gasteiger partial charge is 0.237 e. The van der Waals surface area contributed by atoms with Crippen molar-refractivity contribution >= 4 is 35.0 Å². The number of benzene rings is 2. The lowest BCUT2D eigenvalue weighted by Crippen LogP contribution is -2.40. The maximum absolute atomic E-state index is 13.3. The first kappa shape index (κ1) is 19.8. The van der Waals surface area contributed by atoms with Crippen LogP contribution in [0.5, 0.6) is 0 Å². The number of para-hydroxylation sites is 3. The van der Waals surface area contributed by atoms with Crippen molar-refractivity contribution in [3.05, 3.63) is 60.4 Å². The maximum Gasteiger partial charge on any atom is 0.237 e. The van der Waals surface area contributed by atoms with Crippen molar-refractivity contribution in [2.45, 2.75) is 43.3 Å². The predicted octanol–water partition coefficient (Wildman–Crippen LogP) is 4.00. The number of anilines is 2. The Balaban J connectivity index is 1.41. The molecule has 2 heterocycles. The van der Waals surface area contributed by atoms with Gasteiger partial charge in [0.1, 0.15) is 5.82 Å². The summed E-state index contributed by atoms with van der Waals surface area (Å²) < 4.78 is 2.07. The van der Waals surface area contributed by atoms with E-state index in [1.807, 2.05) is 61.5 Å². The summed E-state index contributed by atoms with van der Waals surface area (Å²) in [4.78, 5) is 27.2. The van der Waals surface area contributed by atoms with Crippen LogP contribution in [0, 0.1) is 0 Å². The molecule has 1 N–H and O–H groups in total. The molecule has 1 aliphatic heterocycles. The molecule has 1 atom stereocenters. The fourth-order valence-corrected chi connectivity index (χ4v) is 4.78. The van der Waals surface area contributed by atoms with Crippen LogP contribution in [0.3, 0.4) is 0 Å². The van der Waals surface area contributed by atoms with Crippen LogP contribution in [-0.2, 0) is 9.59 Å². The summed E-state index contributed by atoms with van der Waals surface area (Å²) in [6.07, 6.45) is 2.51. The van der Waals surface area contributed by atoms with Gasteiger partial charge in [-0.2, -0.15) is 0 Å². The number of rotatable bonds is 5. The lowest BCUT2D eigenvalue weighted by Gasteiger charge is -2.27. The van der Waals surface area contributed by atoms with E-state index in [1.54, 1.807) is 4.90 Å². The van der Waals surface area contributed by atoms with Gasteiger partial charge in [0.15, 0.2) is 5.16 Å². The molecule has 2 aromatic carbocycles. The van der Waals surface area contributed by atoms with Gasteiger partial charge < -0.3 is 10.2 Å². The molecular weight excluding hydrogens is 410 g/mol. The molecule has 158 valence electrons. The van der Waals surface area contributed by atoms with Crippen LogP contribution >= 0.6 is 11.8 Å². The molecule has 2 amide bonds. The fourth-order valence-electron chi connectivity index (χ4n) is 3.96. The van der Waals surface area contributed by atoms with E-state index in [9.17, 15) is 9.59 Å². The van der Waals surface area contributed by atoms with E-state index in [4.69, 9.17) is 0 Å². The molecule has 3 aromatic rings. The summed E-state index contributed by atoms with van der Waals surface area (Å²) in [5.74, 6) is 1.47. The maximum atomic E-state index is 13.3. The molecule has 0 saturated heterocycles. The third-order valence-electron chi connectivity index (χ3n) is 5.57. The number of hydrogen-bond donors (Lipinski definition) is 1. The molecule has 31 heavy (non-hydrogen) atoms. The molecule has 7 nitrogen and oxygen atoms in total. The van der Waals surface area contributed by atoms with Gasteiger partial charge in [0.2, 0.25) is 11.8 Å². The zero-order valence-corrected chi connectivity index (χ0v) is 18.0. The lowest BCUT2D eigenvalue weighted by atomic mass is 10.2. The van der Waals surface area contributed by atoms with Crippen LogP contribution in [0.1, 0.15) is 37.9 Å². The largest absolute Gasteiger partial charge is 0.324 e. The van der Waals surface area contributed by atoms with Gasteiger partial charge in [-0.15, -0.1) is 10.2 Å². The van der Waals surface area contributed by atoms with Gasteiger partial charge in [-0.25, -0.2) is 0 Å². The topological polar surface area (TPSA) is 80.1 Å². The number of hydrogen-bond acceptors (Lipinski definition) is 5. The molecule has 0 spiro atoms. The number of fused-ring (bicyclic) bond motifs is 1. The van der Waals surface area contributed by atoms with Gasteiger partial charge >= 0.3 is 0 Å². The molecule has 5 rings (SSSR count). The quantitative estimate of drug-likeness (QED) is 0.615. The number of nitrogens with zero attached hydrogens (tertiary/aromatic N) is 4. The second-order valence-corrected chi connectivity index (χ2v) is 8.90. The van der Waals surface area contributed by atoms with E-state index in [0.29, 0.717) is 16.8 Å². The van der Waals surface area contributed by atoms with Crippen molar-refractivity contribution in [2.75, 3.05) is 16.0 Å². The minimum absolute atomic E-state index is 0.0583. The Hall–Kier alpha value is -3.13. The highest BCUT2D eigenvalue weighted by Crippen LogP contribution is 2.41. The van der Waals surface area contributed by atoms with E-state index in [0.717, 1.165) is 30.0 Å². The van der Waals surface area contributed by atoms with Gasteiger partial charge in [0, 0.05) is 24.1 Å². The van der Waals surface area contributed by atoms with Crippen molar-refractivity contribution in [1.29, 1.82) is 0 Å². The van der Waals surface area contributed by atoms with Crippen molar-refractivity contribution < 1.29 is 9.59 Å². The Morgan fingerprint density at radius 2 is 1.84 bits per heavy atom. The zero-order valence-electron chi connectivity index (χ0n) is 17.2. The minimum atomic E-state index is -0.231. The number of nitrogens with one attached hydrogen (secondary N) is 1. The summed E-state index contributed by atoms with van der Waals surface area (Å²) >= 11 is 1.39. The van der Waals surface area contributed by atoms with Gasteiger partial charge in [-0.1, -0.05) is 42.1 Å². The van der Waals surface area contributed by atoms with Crippen molar-refractivity contribution in [2.24, 2.45) is 0 Å². The molecule has 2 aliphatic rings. The standard InChI is InChI=1S/C23H23N5O2S/c1-15-13-20(29)24-18-9-5-6-10-19(18)27(15)21(30)14-31-23-26-25-22(16-11-12-16)28(23)17-7-3-2-4-8-17/h2-10,15-16H,11-14H2,1H3,(H,24,29). The van der Waals surface area contributed by atoms with Crippen LogP contribution in [0.2, 0.25) is 0 Å². The van der Waals surface area contributed by atoms with Gasteiger partial charge in [-0.05, 0) is 44.0 Å². The van der Waals surface area contributed by atoms with E-state index in [2.05, 4.69) is 20.1 Å². The van der Waals surface area contributed by atoms with Gasteiger partial charge in [0.05, 0.1) is 17.1 Å². The molecule has 0 bridgehead atoms. The molecule has 8 heteroatoms. The van der Waals surface area contributed by atoms with E-state index in [-0.39, 0.29) is 30.0 Å². The average Bonchev–Trinajstić information content (AvgIpc) is 3.54. The molecule has 1 aromatic heterocycles. The third kappa shape index (κ3) is 3.95. The highest BCUT2D eigenvalue weighted by atomic mass is 32.2. The van der Waals surface area contributed by atoms with E-state index in [1.165, 1.54) is 11.8 Å². The van der Waals surface area contributed by atoms with Crippen LogP contribution < -0.4 is 10.2 Å². The molecule has 1 fully saturated rings. The van der Waals surface area contributed by atoms with E-state index < -0.39 is 0 Å². The minimum Gasteiger partial charge on any atom is -0.324 e. The molecule has 1 aliphatic carbocycles. The fraction of sp³-hybridized carbons (Fsp3) is 0.304. The summed E-state index contributed by atoms with van der Waals surface area (Å²) in [6.45, 7) is 1.90. The Morgan fingerprint density at radius 3 is 2.61 bits per heavy atom. The SMILES string of the molecule is CC1CC(=O)Nc2ccccc2N1C(=O)CSc1nnc(C2CC2)n1-c1ccccc1. The highest BCUT2D eigenvalue weighted by Gasteiger charge is 2.32. The monoisotopic (exact) mass is 433 g/mol. The lowest BCUT2D eigenvalue weighted by molar-refractivity contribution is -0.117. The van der Waals surface area contributed by atoms with Crippen LogP contribution in [-0.4, -0.2) is 38.4 Å². The number of thioether (sulfide) groups is 1. The third-order valence-corrected chi connectivity index (χ3v) is 6.48.